The summed E-state index contributed by atoms with van der Waals surface area (Å²) < 4.78 is 44.8. The Morgan fingerprint density at radius 3 is 2.76 bits per heavy atom. The average molecular weight is 401 g/mol. The van der Waals surface area contributed by atoms with E-state index in [0.717, 1.165) is 12.1 Å². The van der Waals surface area contributed by atoms with Gasteiger partial charge in [0.2, 0.25) is 0 Å². The summed E-state index contributed by atoms with van der Waals surface area (Å²) in [4.78, 5) is 18.9. The lowest BCUT2D eigenvalue weighted by Gasteiger charge is -2.25. The molecule has 2 aliphatic heterocycles. The molecule has 0 spiro atoms. The van der Waals surface area contributed by atoms with E-state index in [9.17, 15) is 18.0 Å². The van der Waals surface area contributed by atoms with Crippen LogP contribution >= 0.6 is 0 Å². The third kappa shape index (κ3) is 4.11. The van der Waals surface area contributed by atoms with Crippen molar-refractivity contribution in [1.29, 1.82) is 0 Å². The molecule has 0 bridgehead atoms. The molecule has 0 aromatic heterocycles. The van der Waals surface area contributed by atoms with Crippen LogP contribution in [0.25, 0.3) is 11.1 Å². The molecule has 2 aromatic rings. The molecule has 0 fully saturated rings. The molecule has 0 aliphatic carbocycles. The van der Waals surface area contributed by atoms with E-state index in [-0.39, 0.29) is 18.7 Å². The summed E-state index contributed by atoms with van der Waals surface area (Å²) >= 11 is 0. The molecular weight excluding hydrogens is 383 g/mol. The lowest BCUT2D eigenvalue weighted by molar-refractivity contribution is -0.137. The van der Waals surface area contributed by atoms with Gasteiger partial charge in [-0.25, -0.2) is 0 Å². The Morgan fingerprint density at radius 2 is 2.00 bits per heavy atom. The van der Waals surface area contributed by atoms with Gasteiger partial charge in [0.15, 0.2) is 0 Å². The van der Waals surface area contributed by atoms with Crippen LogP contribution in [0.1, 0.15) is 15.9 Å². The van der Waals surface area contributed by atoms with Crippen molar-refractivity contribution >= 4 is 12.1 Å². The fourth-order valence-electron chi connectivity index (χ4n) is 3.30. The lowest BCUT2D eigenvalue weighted by Crippen LogP contribution is -2.42. The standard InChI is InChI=1S/C21H18F3N3O2/c22-21(23,24)16-4-1-3-14(11-16)15-5-6-17-18(12-15)29-10-9-27(20(17)28)13-19-25-7-2-8-26-19/h1-8,11-12,19,25H,9-10,13H2. The number of nitrogens with zero attached hydrogens (tertiary/aromatic N) is 2. The second kappa shape index (κ2) is 7.62. The van der Waals surface area contributed by atoms with Gasteiger partial charge in [0.25, 0.3) is 5.91 Å². The Balaban J connectivity index is 1.59. The first-order valence-electron chi connectivity index (χ1n) is 9.10. The summed E-state index contributed by atoms with van der Waals surface area (Å²) in [5.41, 5.74) is 0.628. The Hall–Kier alpha value is -3.29. The Morgan fingerprint density at radius 1 is 1.17 bits per heavy atom. The quantitative estimate of drug-likeness (QED) is 0.853. The van der Waals surface area contributed by atoms with Gasteiger partial charge in [-0.05, 0) is 47.7 Å². The number of carbonyl (C=O) groups is 1. The maximum Gasteiger partial charge on any atom is 0.416 e. The minimum Gasteiger partial charge on any atom is -0.491 e. The molecule has 1 N–H and O–H groups in total. The summed E-state index contributed by atoms with van der Waals surface area (Å²) in [6, 6.07) is 9.94. The number of hydrogen-bond donors (Lipinski definition) is 1. The first kappa shape index (κ1) is 19.0. The van der Waals surface area contributed by atoms with Gasteiger partial charge in [0.05, 0.1) is 24.2 Å². The number of hydrogen-bond acceptors (Lipinski definition) is 4. The van der Waals surface area contributed by atoms with Crippen LogP contribution in [0.2, 0.25) is 0 Å². The highest BCUT2D eigenvalue weighted by molar-refractivity contribution is 5.98. The molecule has 1 atom stereocenters. The van der Waals surface area contributed by atoms with Crippen LogP contribution in [0.5, 0.6) is 5.75 Å². The van der Waals surface area contributed by atoms with E-state index in [1.54, 1.807) is 47.7 Å². The van der Waals surface area contributed by atoms with Crippen LogP contribution in [0.3, 0.4) is 0 Å². The Bertz CT molecular complexity index is 985. The summed E-state index contributed by atoms with van der Waals surface area (Å²) in [6.45, 7) is 1.07. The number of carbonyl (C=O) groups excluding carboxylic acids is 1. The molecule has 2 aromatic carbocycles. The third-order valence-electron chi connectivity index (χ3n) is 4.77. The number of halogens is 3. The minimum absolute atomic E-state index is 0.195. The van der Waals surface area contributed by atoms with E-state index in [1.807, 2.05) is 0 Å². The summed E-state index contributed by atoms with van der Waals surface area (Å²) in [7, 11) is 0. The fraction of sp³-hybridized carbons (Fsp3) is 0.238. The van der Waals surface area contributed by atoms with Crippen molar-refractivity contribution in [3.05, 3.63) is 65.9 Å². The highest BCUT2D eigenvalue weighted by atomic mass is 19.4. The third-order valence-corrected chi connectivity index (χ3v) is 4.77. The number of allylic oxidation sites excluding steroid dienone is 1. The number of aliphatic imine (C=N–C) groups is 1. The number of benzene rings is 2. The number of nitrogens with one attached hydrogen (secondary N) is 1. The van der Waals surface area contributed by atoms with Crippen molar-refractivity contribution in [2.24, 2.45) is 4.99 Å². The molecule has 8 heteroatoms. The minimum atomic E-state index is -4.42. The van der Waals surface area contributed by atoms with Gasteiger partial charge in [0, 0.05) is 6.21 Å². The monoisotopic (exact) mass is 401 g/mol. The van der Waals surface area contributed by atoms with E-state index in [1.165, 1.54) is 6.07 Å². The van der Waals surface area contributed by atoms with Gasteiger partial charge in [0.1, 0.15) is 18.5 Å². The number of alkyl halides is 3. The molecule has 2 heterocycles. The zero-order chi connectivity index (χ0) is 20.4. The number of rotatable bonds is 3. The van der Waals surface area contributed by atoms with Crippen LogP contribution in [0.4, 0.5) is 13.2 Å². The molecule has 0 saturated carbocycles. The smallest absolute Gasteiger partial charge is 0.416 e. The average Bonchev–Trinajstić information content (AvgIpc) is 2.87. The van der Waals surface area contributed by atoms with Gasteiger partial charge < -0.3 is 15.0 Å². The van der Waals surface area contributed by atoms with E-state index in [4.69, 9.17) is 4.74 Å². The summed E-state index contributed by atoms with van der Waals surface area (Å²) in [5.74, 6) is 0.173. The van der Waals surface area contributed by atoms with Crippen molar-refractivity contribution in [2.75, 3.05) is 19.7 Å². The largest absolute Gasteiger partial charge is 0.491 e. The van der Waals surface area contributed by atoms with E-state index < -0.39 is 11.7 Å². The van der Waals surface area contributed by atoms with Gasteiger partial charge in [-0.1, -0.05) is 18.2 Å². The first-order chi connectivity index (χ1) is 13.9. The predicted molar refractivity (Wildman–Crippen MR) is 103 cm³/mol. The number of fused-ring (bicyclic) bond motifs is 1. The second-order valence-electron chi connectivity index (χ2n) is 6.73. The molecule has 150 valence electrons. The first-order valence-corrected chi connectivity index (χ1v) is 9.10. The van der Waals surface area contributed by atoms with Crippen LogP contribution in [0, 0.1) is 0 Å². The SMILES string of the molecule is O=C1c2ccc(-c3cccc(C(F)(F)F)c3)cc2OCCN1CC1N=CC=CN1. The van der Waals surface area contributed by atoms with Crippen LogP contribution in [0.15, 0.2) is 59.7 Å². The van der Waals surface area contributed by atoms with Crippen molar-refractivity contribution in [1.82, 2.24) is 10.2 Å². The predicted octanol–water partition coefficient (Wildman–Crippen LogP) is 3.72. The molecule has 29 heavy (non-hydrogen) atoms. The van der Waals surface area contributed by atoms with Gasteiger partial charge in [-0.2, -0.15) is 13.2 Å². The van der Waals surface area contributed by atoms with Crippen LogP contribution in [-0.2, 0) is 6.18 Å². The molecule has 1 amide bonds. The normalized spacial score (nSPS) is 18.7. The van der Waals surface area contributed by atoms with E-state index in [0.29, 0.717) is 35.5 Å². The Labute approximate surface area is 165 Å². The maximum atomic E-state index is 13.0. The molecule has 4 rings (SSSR count). The van der Waals surface area contributed by atoms with Crippen molar-refractivity contribution in [3.8, 4) is 16.9 Å². The van der Waals surface area contributed by atoms with Gasteiger partial charge in [-0.3, -0.25) is 9.79 Å². The molecule has 2 aliphatic rings. The van der Waals surface area contributed by atoms with Crippen molar-refractivity contribution < 1.29 is 22.7 Å². The molecule has 0 radical (unpaired) electrons. The maximum absolute atomic E-state index is 13.0. The molecular formula is C21H18F3N3O2. The number of ether oxygens (including phenoxy) is 1. The van der Waals surface area contributed by atoms with Crippen molar-refractivity contribution in [2.45, 2.75) is 12.3 Å². The topological polar surface area (TPSA) is 53.9 Å². The highest BCUT2D eigenvalue weighted by Crippen LogP contribution is 2.34. The lowest BCUT2D eigenvalue weighted by atomic mass is 10.0. The molecule has 1 unspecified atom stereocenters. The Kier molecular flexibility index (Phi) is 5.00. The zero-order valence-electron chi connectivity index (χ0n) is 15.3. The second-order valence-corrected chi connectivity index (χ2v) is 6.73. The molecule has 5 nitrogen and oxygen atoms in total. The summed E-state index contributed by atoms with van der Waals surface area (Å²) in [5, 5.41) is 3.07. The highest BCUT2D eigenvalue weighted by Gasteiger charge is 2.31. The van der Waals surface area contributed by atoms with Crippen LogP contribution < -0.4 is 10.1 Å². The van der Waals surface area contributed by atoms with E-state index >= 15 is 0 Å². The van der Waals surface area contributed by atoms with Gasteiger partial charge in [-0.15, -0.1) is 0 Å². The van der Waals surface area contributed by atoms with Crippen molar-refractivity contribution in [3.63, 3.8) is 0 Å². The van der Waals surface area contributed by atoms with Crippen LogP contribution in [-0.4, -0.2) is 42.9 Å². The number of amides is 1. The zero-order valence-corrected chi connectivity index (χ0v) is 15.3. The fourth-order valence-corrected chi connectivity index (χ4v) is 3.30. The molecule has 0 saturated heterocycles. The summed E-state index contributed by atoms with van der Waals surface area (Å²) in [6.07, 6.45) is 0.574. The van der Waals surface area contributed by atoms with E-state index in [2.05, 4.69) is 10.3 Å². The van der Waals surface area contributed by atoms with Gasteiger partial charge >= 0.3 is 6.18 Å².